The molecule has 2 heterocycles. The fraction of sp³-hybridized carbons (Fsp3) is 0.667. The fourth-order valence-corrected chi connectivity index (χ4v) is 2.49. The number of nitrogens with zero attached hydrogens (tertiary/aromatic N) is 5. The first kappa shape index (κ1) is 20.7. The van der Waals surface area contributed by atoms with E-state index in [4.69, 9.17) is 4.74 Å². The normalized spacial score (nSPS) is 15.5. The standard InChI is InChI=1S/C15H26N6O2.HI/c1-4-16-15(17-6-5-9-23-3)20-7-8-21(14(22)12-20)13-10-18-19(2)11-13;/h10-11H,4-9,12H2,1-3H3,(H,16,17);1H. The molecule has 0 aliphatic carbocycles. The molecule has 2 rings (SSSR count). The second-order valence-corrected chi connectivity index (χ2v) is 5.42. The van der Waals surface area contributed by atoms with Gasteiger partial charge in [0.2, 0.25) is 5.91 Å². The average Bonchev–Trinajstić information content (AvgIpc) is 2.96. The van der Waals surface area contributed by atoms with Gasteiger partial charge in [0.15, 0.2) is 5.96 Å². The number of rotatable bonds is 6. The highest BCUT2D eigenvalue weighted by atomic mass is 127. The van der Waals surface area contributed by atoms with Crippen molar-refractivity contribution < 1.29 is 9.53 Å². The van der Waals surface area contributed by atoms with Gasteiger partial charge in [-0.15, -0.1) is 24.0 Å². The number of methoxy groups -OCH3 is 1. The Morgan fingerprint density at radius 1 is 1.46 bits per heavy atom. The number of guanidine groups is 1. The molecule has 24 heavy (non-hydrogen) atoms. The number of amides is 1. The van der Waals surface area contributed by atoms with Gasteiger partial charge in [-0.05, 0) is 13.3 Å². The number of ether oxygens (including phenoxy) is 1. The van der Waals surface area contributed by atoms with Crippen LogP contribution in [0.4, 0.5) is 5.69 Å². The summed E-state index contributed by atoms with van der Waals surface area (Å²) in [4.78, 5) is 20.8. The summed E-state index contributed by atoms with van der Waals surface area (Å²) in [6.07, 6.45) is 4.45. The number of aliphatic imine (C=N–C) groups is 1. The molecule has 0 atom stereocenters. The lowest BCUT2D eigenvalue weighted by atomic mass is 10.3. The van der Waals surface area contributed by atoms with Gasteiger partial charge in [-0.25, -0.2) is 0 Å². The quantitative estimate of drug-likeness (QED) is 0.299. The topological polar surface area (TPSA) is 75.0 Å². The van der Waals surface area contributed by atoms with Gasteiger partial charge in [-0.2, -0.15) is 5.10 Å². The summed E-state index contributed by atoms with van der Waals surface area (Å²) >= 11 is 0. The molecule has 1 fully saturated rings. The third-order valence-corrected chi connectivity index (χ3v) is 3.63. The SMILES string of the molecule is CCNC(=NCCCOC)N1CCN(c2cnn(C)c2)C(=O)C1.I. The molecule has 0 unspecified atom stereocenters. The van der Waals surface area contributed by atoms with Crippen molar-refractivity contribution in [1.29, 1.82) is 0 Å². The first-order chi connectivity index (χ1) is 11.2. The zero-order valence-corrected chi connectivity index (χ0v) is 16.9. The van der Waals surface area contributed by atoms with E-state index in [-0.39, 0.29) is 29.9 Å². The van der Waals surface area contributed by atoms with Gasteiger partial charge in [0, 0.05) is 53.1 Å². The van der Waals surface area contributed by atoms with Crippen LogP contribution in [0.3, 0.4) is 0 Å². The highest BCUT2D eigenvalue weighted by Gasteiger charge is 2.27. The molecule has 1 amide bonds. The summed E-state index contributed by atoms with van der Waals surface area (Å²) < 4.78 is 6.74. The van der Waals surface area contributed by atoms with Gasteiger partial charge >= 0.3 is 0 Å². The number of hydrogen-bond donors (Lipinski definition) is 1. The van der Waals surface area contributed by atoms with Crippen LogP contribution < -0.4 is 10.2 Å². The van der Waals surface area contributed by atoms with Gasteiger partial charge in [0.1, 0.15) is 6.54 Å². The molecule has 9 heteroatoms. The number of aromatic nitrogens is 2. The number of piperazine rings is 1. The number of aryl methyl sites for hydroxylation is 1. The van der Waals surface area contributed by atoms with E-state index >= 15 is 0 Å². The first-order valence-electron chi connectivity index (χ1n) is 7.97. The van der Waals surface area contributed by atoms with E-state index in [1.165, 1.54) is 0 Å². The van der Waals surface area contributed by atoms with Crippen LogP contribution in [0.15, 0.2) is 17.4 Å². The van der Waals surface area contributed by atoms with Gasteiger partial charge in [0.05, 0.1) is 11.9 Å². The number of anilines is 1. The molecule has 1 aromatic rings. The molecular weight excluding hydrogens is 423 g/mol. The van der Waals surface area contributed by atoms with Crippen molar-refractivity contribution in [3.05, 3.63) is 12.4 Å². The van der Waals surface area contributed by atoms with Gasteiger partial charge in [-0.1, -0.05) is 0 Å². The van der Waals surface area contributed by atoms with Crippen molar-refractivity contribution in [3.63, 3.8) is 0 Å². The van der Waals surface area contributed by atoms with E-state index < -0.39 is 0 Å². The van der Waals surface area contributed by atoms with Crippen LogP contribution >= 0.6 is 24.0 Å². The average molecular weight is 450 g/mol. The highest BCUT2D eigenvalue weighted by molar-refractivity contribution is 14.0. The Morgan fingerprint density at radius 2 is 2.25 bits per heavy atom. The van der Waals surface area contributed by atoms with E-state index in [1.807, 2.05) is 25.1 Å². The summed E-state index contributed by atoms with van der Waals surface area (Å²) in [6.45, 7) is 5.89. The van der Waals surface area contributed by atoms with E-state index in [9.17, 15) is 4.79 Å². The molecule has 1 saturated heterocycles. The molecule has 1 aromatic heterocycles. The van der Waals surface area contributed by atoms with E-state index in [0.717, 1.165) is 31.2 Å². The molecule has 136 valence electrons. The fourth-order valence-electron chi connectivity index (χ4n) is 2.49. The minimum atomic E-state index is 0. The summed E-state index contributed by atoms with van der Waals surface area (Å²) in [5.41, 5.74) is 0.846. The molecule has 1 aliphatic rings. The van der Waals surface area contributed by atoms with Crippen molar-refractivity contribution in [2.24, 2.45) is 12.0 Å². The van der Waals surface area contributed by atoms with Crippen molar-refractivity contribution in [3.8, 4) is 0 Å². The maximum atomic E-state index is 12.4. The van der Waals surface area contributed by atoms with E-state index in [1.54, 1.807) is 22.9 Å². The van der Waals surface area contributed by atoms with Crippen LogP contribution in [-0.4, -0.2) is 73.0 Å². The van der Waals surface area contributed by atoms with Gasteiger partial charge in [-0.3, -0.25) is 14.5 Å². The molecular formula is C15H27IN6O2. The van der Waals surface area contributed by atoms with Gasteiger partial charge in [0.25, 0.3) is 0 Å². The Morgan fingerprint density at radius 3 is 2.83 bits per heavy atom. The Hall–Kier alpha value is -1.36. The smallest absolute Gasteiger partial charge is 0.246 e. The maximum Gasteiger partial charge on any atom is 0.246 e. The largest absolute Gasteiger partial charge is 0.385 e. The molecule has 0 saturated carbocycles. The molecule has 1 aliphatic heterocycles. The summed E-state index contributed by atoms with van der Waals surface area (Å²) in [5, 5.41) is 7.39. The monoisotopic (exact) mass is 450 g/mol. The third kappa shape index (κ3) is 5.62. The minimum absolute atomic E-state index is 0. The number of carbonyl (C=O) groups excluding carboxylic acids is 1. The van der Waals surface area contributed by atoms with Crippen LogP contribution in [0.25, 0.3) is 0 Å². The molecule has 0 spiro atoms. The second kappa shape index (κ2) is 10.5. The number of hydrogen-bond acceptors (Lipinski definition) is 4. The van der Waals surface area contributed by atoms with Crippen molar-refractivity contribution in [2.45, 2.75) is 13.3 Å². The van der Waals surface area contributed by atoms with Crippen molar-refractivity contribution in [1.82, 2.24) is 20.0 Å². The lowest BCUT2D eigenvalue weighted by molar-refractivity contribution is -0.120. The maximum absolute atomic E-state index is 12.4. The summed E-state index contributed by atoms with van der Waals surface area (Å²) in [7, 11) is 3.53. The Bertz CT molecular complexity index is 548. The Labute approximate surface area is 160 Å². The van der Waals surface area contributed by atoms with Crippen LogP contribution in [0, 0.1) is 0 Å². The van der Waals surface area contributed by atoms with Gasteiger partial charge < -0.3 is 19.9 Å². The second-order valence-electron chi connectivity index (χ2n) is 5.42. The number of halogens is 1. The third-order valence-electron chi connectivity index (χ3n) is 3.63. The van der Waals surface area contributed by atoms with Crippen LogP contribution in [0.5, 0.6) is 0 Å². The number of carbonyl (C=O) groups is 1. The molecule has 0 radical (unpaired) electrons. The molecule has 1 N–H and O–H groups in total. The van der Waals surface area contributed by atoms with Crippen molar-refractivity contribution >= 4 is 41.5 Å². The van der Waals surface area contributed by atoms with E-state index in [2.05, 4.69) is 15.4 Å². The summed E-state index contributed by atoms with van der Waals surface area (Å²) in [6, 6.07) is 0. The van der Waals surface area contributed by atoms with Crippen LogP contribution in [0.2, 0.25) is 0 Å². The molecule has 8 nitrogen and oxygen atoms in total. The minimum Gasteiger partial charge on any atom is -0.385 e. The lowest BCUT2D eigenvalue weighted by Gasteiger charge is -2.35. The van der Waals surface area contributed by atoms with E-state index in [0.29, 0.717) is 26.2 Å². The zero-order chi connectivity index (χ0) is 16.7. The Balaban J connectivity index is 0.00000288. The van der Waals surface area contributed by atoms with Crippen molar-refractivity contribution in [2.75, 3.05) is 51.3 Å². The summed E-state index contributed by atoms with van der Waals surface area (Å²) in [5.74, 6) is 0.856. The highest BCUT2D eigenvalue weighted by Crippen LogP contribution is 2.16. The predicted octanol–water partition coefficient (Wildman–Crippen LogP) is 0.689. The van der Waals surface area contributed by atoms with Crippen LogP contribution in [-0.2, 0) is 16.6 Å². The lowest BCUT2D eigenvalue weighted by Crippen LogP contribution is -2.55. The zero-order valence-electron chi connectivity index (χ0n) is 14.6. The Kier molecular flexibility index (Phi) is 9.04. The molecule has 0 aromatic carbocycles. The predicted molar refractivity (Wildman–Crippen MR) is 105 cm³/mol. The van der Waals surface area contributed by atoms with Crippen LogP contribution in [0.1, 0.15) is 13.3 Å². The number of nitrogens with one attached hydrogen (secondary N) is 1. The molecule has 0 bridgehead atoms. The first-order valence-corrected chi connectivity index (χ1v) is 7.97.